The molecule has 1 atom stereocenters. The molecule has 0 unspecified atom stereocenters. The van der Waals surface area contributed by atoms with Gasteiger partial charge >= 0.3 is 0 Å². The van der Waals surface area contributed by atoms with Gasteiger partial charge in [0.05, 0.1) is 13.7 Å². The predicted molar refractivity (Wildman–Crippen MR) is 94.6 cm³/mol. The van der Waals surface area contributed by atoms with Gasteiger partial charge in [0.2, 0.25) is 0 Å². The van der Waals surface area contributed by atoms with Gasteiger partial charge in [-0.15, -0.1) is 0 Å². The normalized spacial score (nSPS) is 12.0. The van der Waals surface area contributed by atoms with E-state index in [1.165, 1.54) is 0 Å². The van der Waals surface area contributed by atoms with Crippen LogP contribution < -0.4 is 14.8 Å². The molecule has 5 nitrogen and oxygen atoms in total. The molecule has 0 saturated heterocycles. The number of rotatable bonds is 9. The fourth-order valence-electron chi connectivity index (χ4n) is 2.19. The minimum absolute atomic E-state index is 0.101. The number of aliphatic hydroxyl groups excluding tert-OH is 1. The van der Waals surface area contributed by atoms with E-state index in [2.05, 4.69) is 10.3 Å². The van der Waals surface area contributed by atoms with Gasteiger partial charge in [-0.25, -0.2) is 4.98 Å². The van der Waals surface area contributed by atoms with E-state index in [0.29, 0.717) is 29.8 Å². The summed E-state index contributed by atoms with van der Waals surface area (Å²) in [6, 6.07) is 9.52. The smallest absolute Gasteiger partial charge is 0.161 e. The SMILES string of the molecule is CC[C@H](CO)NCc1ccc(OCc2ccc(Cl)nc2)c(OC)c1. The highest BCUT2D eigenvalue weighted by Gasteiger charge is 2.08. The molecule has 0 aliphatic carbocycles. The average molecular weight is 351 g/mol. The van der Waals surface area contributed by atoms with Gasteiger partial charge in [0.15, 0.2) is 11.5 Å². The number of halogens is 1. The summed E-state index contributed by atoms with van der Waals surface area (Å²) in [4.78, 5) is 4.03. The number of methoxy groups -OCH3 is 1. The Hall–Kier alpha value is -1.82. The maximum atomic E-state index is 9.22. The van der Waals surface area contributed by atoms with Crippen LogP contribution in [0.1, 0.15) is 24.5 Å². The predicted octanol–water partition coefficient (Wildman–Crippen LogP) is 3.18. The van der Waals surface area contributed by atoms with Gasteiger partial charge in [0, 0.05) is 24.3 Å². The average Bonchev–Trinajstić information content (AvgIpc) is 2.62. The first kappa shape index (κ1) is 18.5. The van der Waals surface area contributed by atoms with Crippen LogP contribution in [0, 0.1) is 0 Å². The van der Waals surface area contributed by atoms with E-state index < -0.39 is 0 Å². The van der Waals surface area contributed by atoms with E-state index >= 15 is 0 Å². The molecule has 6 heteroatoms. The summed E-state index contributed by atoms with van der Waals surface area (Å²) in [6.45, 7) is 3.22. The molecule has 0 fully saturated rings. The highest BCUT2D eigenvalue weighted by atomic mass is 35.5. The molecule has 1 aromatic carbocycles. The second-order valence-electron chi connectivity index (χ2n) is 5.43. The van der Waals surface area contributed by atoms with Gasteiger partial charge in [-0.05, 0) is 30.2 Å². The second kappa shape index (κ2) is 9.47. The molecule has 0 spiro atoms. The molecule has 2 rings (SSSR count). The van der Waals surface area contributed by atoms with Crippen LogP contribution in [0.2, 0.25) is 5.15 Å². The van der Waals surface area contributed by atoms with Gasteiger partial charge in [0.1, 0.15) is 11.8 Å². The zero-order chi connectivity index (χ0) is 17.4. The van der Waals surface area contributed by atoms with E-state index in [-0.39, 0.29) is 12.6 Å². The highest BCUT2D eigenvalue weighted by molar-refractivity contribution is 6.29. The summed E-state index contributed by atoms with van der Waals surface area (Å²) < 4.78 is 11.2. The summed E-state index contributed by atoms with van der Waals surface area (Å²) in [6.07, 6.45) is 2.57. The summed E-state index contributed by atoms with van der Waals surface area (Å²) in [5, 5.41) is 13.0. The fourth-order valence-corrected chi connectivity index (χ4v) is 2.31. The number of aromatic nitrogens is 1. The molecule has 2 N–H and O–H groups in total. The molecule has 0 bridgehead atoms. The van der Waals surface area contributed by atoms with Crippen LogP contribution in [0.4, 0.5) is 0 Å². The third-order valence-electron chi connectivity index (χ3n) is 3.72. The fraction of sp³-hybridized carbons (Fsp3) is 0.389. The molecular formula is C18H23ClN2O3. The van der Waals surface area contributed by atoms with E-state index in [9.17, 15) is 5.11 Å². The van der Waals surface area contributed by atoms with Crippen LogP contribution in [-0.4, -0.2) is 29.8 Å². The third kappa shape index (κ3) is 5.37. The molecule has 0 radical (unpaired) electrons. The number of pyridine rings is 1. The topological polar surface area (TPSA) is 63.6 Å². The standard InChI is InChI=1S/C18H23ClN2O3/c1-3-15(11-22)20-9-13-4-6-16(17(8-13)23-2)24-12-14-5-7-18(19)21-10-14/h4-8,10,15,20,22H,3,9,11-12H2,1-2H3/t15-/m1/s1. The largest absolute Gasteiger partial charge is 0.493 e. The van der Waals surface area contributed by atoms with Crippen molar-refractivity contribution in [3.63, 3.8) is 0 Å². The molecule has 0 aliphatic heterocycles. The lowest BCUT2D eigenvalue weighted by atomic mass is 10.1. The van der Waals surface area contributed by atoms with Crippen LogP contribution in [0.25, 0.3) is 0 Å². The summed E-state index contributed by atoms with van der Waals surface area (Å²) in [7, 11) is 1.62. The monoisotopic (exact) mass is 350 g/mol. The molecule has 0 aliphatic rings. The van der Waals surface area contributed by atoms with Crippen molar-refractivity contribution < 1.29 is 14.6 Å². The van der Waals surface area contributed by atoms with Crippen LogP contribution >= 0.6 is 11.6 Å². The van der Waals surface area contributed by atoms with Gasteiger partial charge in [-0.2, -0.15) is 0 Å². The van der Waals surface area contributed by atoms with Crippen molar-refractivity contribution in [2.75, 3.05) is 13.7 Å². The summed E-state index contributed by atoms with van der Waals surface area (Å²) in [5.41, 5.74) is 2.00. The number of hydrogen-bond donors (Lipinski definition) is 2. The van der Waals surface area contributed by atoms with Crippen molar-refractivity contribution in [1.82, 2.24) is 10.3 Å². The van der Waals surface area contributed by atoms with Crippen molar-refractivity contribution in [3.8, 4) is 11.5 Å². The number of hydrogen-bond acceptors (Lipinski definition) is 5. The van der Waals surface area contributed by atoms with Gasteiger partial charge in [0.25, 0.3) is 0 Å². The lowest BCUT2D eigenvalue weighted by Crippen LogP contribution is -2.31. The Morgan fingerprint density at radius 1 is 1.21 bits per heavy atom. The molecule has 1 aromatic heterocycles. The van der Waals surface area contributed by atoms with Crippen molar-refractivity contribution in [3.05, 3.63) is 52.8 Å². The number of aliphatic hydroxyl groups is 1. The molecule has 2 aromatic rings. The van der Waals surface area contributed by atoms with Crippen LogP contribution in [0.15, 0.2) is 36.5 Å². The first-order valence-electron chi connectivity index (χ1n) is 7.90. The Bertz CT molecular complexity index is 631. The van der Waals surface area contributed by atoms with Crippen LogP contribution in [0.3, 0.4) is 0 Å². The van der Waals surface area contributed by atoms with Crippen molar-refractivity contribution >= 4 is 11.6 Å². The maximum Gasteiger partial charge on any atom is 0.161 e. The van der Waals surface area contributed by atoms with E-state index in [1.807, 2.05) is 31.2 Å². The summed E-state index contributed by atoms with van der Waals surface area (Å²) in [5.74, 6) is 1.35. The van der Waals surface area contributed by atoms with Gasteiger partial charge < -0.3 is 19.9 Å². The van der Waals surface area contributed by atoms with Crippen molar-refractivity contribution in [2.45, 2.75) is 32.5 Å². The van der Waals surface area contributed by atoms with Crippen molar-refractivity contribution in [1.29, 1.82) is 0 Å². The Labute approximate surface area is 147 Å². The minimum Gasteiger partial charge on any atom is -0.493 e. The third-order valence-corrected chi connectivity index (χ3v) is 3.94. The lowest BCUT2D eigenvalue weighted by molar-refractivity contribution is 0.238. The molecule has 24 heavy (non-hydrogen) atoms. The zero-order valence-electron chi connectivity index (χ0n) is 14.0. The Morgan fingerprint density at radius 3 is 2.62 bits per heavy atom. The molecule has 130 valence electrons. The quantitative estimate of drug-likeness (QED) is 0.680. The Kier molecular flexibility index (Phi) is 7.31. The maximum absolute atomic E-state index is 9.22. The molecular weight excluding hydrogens is 328 g/mol. The minimum atomic E-state index is 0.101. The number of nitrogens with zero attached hydrogens (tertiary/aromatic N) is 1. The lowest BCUT2D eigenvalue weighted by Gasteiger charge is -2.16. The van der Waals surface area contributed by atoms with Gasteiger partial charge in [-0.1, -0.05) is 30.7 Å². The first-order chi connectivity index (χ1) is 11.7. The number of nitrogens with one attached hydrogen (secondary N) is 1. The number of benzene rings is 1. The Balaban J connectivity index is 1.99. The number of ether oxygens (including phenoxy) is 2. The zero-order valence-corrected chi connectivity index (χ0v) is 14.7. The van der Waals surface area contributed by atoms with Gasteiger partial charge in [-0.3, -0.25) is 0 Å². The Morgan fingerprint density at radius 2 is 2.00 bits per heavy atom. The molecule has 1 heterocycles. The van der Waals surface area contributed by atoms with E-state index in [0.717, 1.165) is 17.5 Å². The van der Waals surface area contributed by atoms with E-state index in [4.69, 9.17) is 21.1 Å². The second-order valence-corrected chi connectivity index (χ2v) is 5.82. The molecule has 0 saturated carbocycles. The molecule has 0 amide bonds. The van der Waals surface area contributed by atoms with E-state index in [1.54, 1.807) is 19.4 Å². The van der Waals surface area contributed by atoms with Crippen LogP contribution in [0.5, 0.6) is 11.5 Å². The first-order valence-corrected chi connectivity index (χ1v) is 8.28. The highest BCUT2D eigenvalue weighted by Crippen LogP contribution is 2.29. The van der Waals surface area contributed by atoms with Crippen molar-refractivity contribution in [2.24, 2.45) is 0 Å². The van der Waals surface area contributed by atoms with Crippen LogP contribution in [-0.2, 0) is 13.2 Å². The summed E-state index contributed by atoms with van der Waals surface area (Å²) >= 11 is 5.77.